The second-order valence-electron chi connectivity index (χ2n) is 7.15. The van der Waals surface area contributed by atoms with E-state index in [0.717, 1.165) is 37.5 Å². The largest absolute Gasteiger partial charge is 0.349 e. The van der Waals surface area contributed by atoms with Crippen LogP contribution in [0.5, 0.6) is 0 Å². The molecule has 0 atom stereocenters. The van der Waals surface area contributed by atoms with Gasteiger partial charge in [0.25, 0.3) is 5.56 Å². The van der Waals surface area contributed by atoms with Crippen molar-refractivity contribution in [3.8, 4) is 0 Å². The van der Waals surface area contributed by atoms with E-state index in [2.05, 4.69) is 30.0 Å². The van der Waals surface area contributed by atoms with Gasteiger partial charge >= 0.3 is 0 Å². The van der Waals surface area contributed by atoms with Gasteiger partial charge in [0.2, 0.25) is 5.91 Å². The molecular formula is C20H24N6O2. The van der Waals surface area contributed by atoms with Crippen LogP contribution in [0.25, 0.3) is 10.9 Å². The zero-order chi connectivity index (χ0) is 19.3. The third kappa shape index (κ3) is 4.11. The number of aromatic amines is 1. The smallest absolute Gasteiger partial charge is 0.258 e. The van der Waals surface area contributed by atoms with Crippen molar-refractivity contribution in [1.82, 2.24) is 30.0 Å². The van der Waals surface area contributed by atoms with E-state index in [1.54, 1.807) is 6.07 Å². The fourth-order valence-electron chi connectivity index (χ4n) is 3.61. The molecule has 3 aromatic rings. The van der Waals surface area contributed by atoms with E-state index in [-0.39, 0.29) is 11.5 Å². The number of H-pyrrole nitrogens is 1. The predicted octanol–water partition coefficient (Wildman–Crippen LogP) is 1.88. The summed E-state index contributed by atoms with van der Waals surface area (Å²) in [6.45, 7) is 1.32. The zero-order valence-corrected chi connectivity index (χ0v) is 15.8. The summed E-state index contributed by atoms with van der Waals surface area (Å²) in [5, 5.41) is 12.0. The maximum atomic E-state index is 12.2. The lowest BCUT2D eigenvalue weighted by Gasteiger charge is -2.08. The Labute approximate surface area is 162 Å². The third-order valence-corrected chi connectivity index (χ3v) is 5.11. The standard InChI is InChI=1S/C20H24N6O2/c27-19(21-13-18-25-24-17-10-2-1-5-12-26(17)18)11-6-9-16-22-15-8-4-3-7-14(15)20(28)23-16/h3-4,7-8H,1-2,5-6,9-13H2,(H,21,27)(H,22,23,28). The second kappa shape index (κ2) is 8.33. The summed E-state index contributed by atoms with van der Waals surface area (Å²) >= 11 is 0. The number of hydrogen-bond acceptors (Lipinski definition) is 5. The van der Waals surface area contributed by atoms with Gasteiger partial charge in [0.15, 0.2) is 5.82 Å². The number of benzene rings is 1. The molecule has 0 radical (unpaired) electrons. The Kier molecular flexibility index (Phi) is 5.45. The van der Waals surface area contributed by atoms with Crippen LogP contribution in [-0.4, -0.2) is 30.6 Å². The van der Waals surface area contributed by atoms with Gasteiger partial charge in [0, 0.05) is 25.8 Å². The first kappa shape index (κ1) is 18.3. The SMILES string of the molecule is O=C(CCCc1nc2ccccc2c(=O)[nH]1)NCc1nnc2n1CCCCC2. The molecule has 8 heteroatoms. The molecule has 8 nitrogen and oxygen atoms in total. The highest BCUT2D eigenvalue weighted by Gasteiger charge is 2.15. The molecule has 2 N–H and O–H groups in total. The maximum absolute atomic E-state index is 12.2. The Morgan fingerprint density at radius 2 is 2.07 bits per heavy atom. The van der Waals surface area contributed by atoms with Crippen molar-refractivity contribution in [1.29, 1.82) is 0 Å². The maximum Gasteiger partial charge on any atom is 0.258 e. The molecule has 1 aliphatic rings. The average Bonchev–Trinajstić information content (AvgIpc) is 2.92. The molecule has 0 bridgehead atoms. The van der Waals surface area contributed by atoms with E-state index in [4.69, 9.17) is 0 Å². The molecule has 0 fully saturated rings. The first-order valence-electron chi connectivity index (χ1n) is 9.86. The number of hydrogen-bond donors (Lipinski definition) is 2. The number of nitrogens with one attached hydrogen (secondary N) is 2. The molecule has 0 saturated heterocycles. The summed E-state index contributed by atoms with van der Waals surface area (Å²) in [5.74, 6) is 2.42. The fourth-order valence-corrected chi connectivity index (χ4v) is 3.61. The summed E-state index contributed by atoms with van der Waals surface area (Å²) in [6.07, 6.45) is 5.98. The van der Waals surface area contributed by atoms with Crippen LogP contribution < -0.4 is 10.9 Å². The van der Waals surface area contributed by atoms with Gasteiger partial charge in [-0.1, -0.05) is 18.6 Å². The molecular weight excluding hydrogens is 356 g/mol. The second-order valence-corrected chi connectivity index (χ2v) is 7.15. The Hall–Kier alpha value is -3.03. The van der Waals surface area contributed by atoms with Gasteiger partial charge < -0.3 is 14.9 Å². The quantitative estimate of drug-likeness (QED) is 0.679. The van der Waals surface area contributed by atoms with Crippen LogP contribution in [-0.2, 0) is 30.7 Å². The van der Waals surface area contributed by atoms with E-state index < -0.39 is 0 Å². The van der Waals surface area contributed by atoms with Crippen LogP contribution in [0.1, 0.15) is 49.6 Å². The van der Waals surface area contributed by atoms with Gasteiger partial charge in [0.1, 0.15) is 11.6 Å². The van der Waals surface area contributed by atoms with Crippen molar-refractivity contribution in [3.05, 3.63) is 52.1 Å². The molecule has 0 spiro atoms. The monoisotopic (exact) mass is 380 g/mol. The van der Waals surface area contributed by atoms with Crippen LogP contribution in [0.15, 0.2) is 29.1 Å². The van der Waals surface area contributed by atoms with Crippen LogP contribution >= 0.6 is 0 Å². The Morgan fingerprint density at radius 1 is 1.18 bits per heavy atom. The van der Waals surface area contributed by atoms with E-state index >= 15 is 0 Å². The molecule has 1 amide bonds. The number of para-hydroxylation sites is 1. The molecule has 2 aromatic heterocycles. The molecule has 1 aromatic carbocycles. The Morgan fingerprint density at radius 3 is 3.00 bits per heavy atom. The number of aryl methyl sites for hydroxylation is 2. The van der Waals surface area contributed by atoms with Crippen molar-refractivity contribution in [2.24, 2.45) is 0 Å². The van der Waals surface area contributed by atoms with Gasteiger partial charge in [-0.15, -0.1) is 10.2 Å². The molecule has 0 saturated carbocycles. The molecule has 3 heterocycles. The van der Waals surface area contributed by atoms with Crippen molar-refractivity contribution in [3.63, 3.8) is 0 Å². The van der Waals surface area contributed by atoms with Crippen LogP contribution in [0, 0.1) is 0 Å². The normalized spacial score (nSPS) is 13.9. The topological polar surface area (TPSA) is 106 Å². The lowest BCUT2D eigenvalue weighted by atomic mass is 10.2. The number of carbonyl (C=O) groups is 1. The number of amides is 1. The number of aromatic nitrogens is 5. The summed E-state index contributed by atoms with van der Waals surface area (Å²) in [4.78, 5) is 31.5. The molecule has 4 rings (SSSR count). The Balaban J connectivity index is 1.28. The molecule has 146 valence electrons. The first-order valence-corrected chi connectivity index (χ1v) is 9.86. The molecule has 1 aliphatic heterocycles. The van der Waals surface area contributed by atoms with Gasteiger partial charge in [-0.2, -0.15) is 0 Å². The first-order chi connectivity index (χ1) is 13.7. The van der Waals surface area contributed by atoms with E-state index in [1.807, 2.05) is 18.2 Å². The minimum Gasteiger partial charge on any atom is -0.349 e. The van der Waals surface area contributed by atoms with Gasteiger partial charge in [-0.25, -0.2) is 4.98 Å². The summed E-state index contributed by atoms with van der Waals surface area (Å²) < 4.78 is 2.14. The fraction of sp³-hybridized carbons (Fsp3) is 0.450. The third-order valence-electron chi connectivity index (χ3n) is 5.11. The van der Waals surface area contributed by atoms with E-state index in [1.165, 1.54) is 6.42 Å². The lowest BCUT2D eigenvalue weighted by molar-refractivity contribution is -0.121. The van der Waals surface area contributed by atoms with Crippen molar-refractivity contribution in [2.45, 2.75) is 58.0 Å². The Bertz CT molecular complexity index is 1040. The predicted molar refractivity (Wildman–Crippen MR) is 105 cm³/mol. The van der Waals surface area contributed by atoms with Crippen molar-refractivity contribution < 1.29 is 4.79 Å². The summed E-state index contributed by atoms with van der Waals surface area (Å²) in [7, 11) is 0. The molecule has 0 unspecified atom stereocenters. The number of carbonyl (C=O) groups excluding carboxylic acids is 1. The van der Waals surface area contributed by atoms with E-state index in [9.17, 15) is 9.59 Å². The number of nitrogens with zero attached hydrogens (tertiary/aromatic N) is 4. The van der Waals surface area contributed by atoms with Crippen molar-refractivity contribution >= 4 is 16.8 Å². The van der Waals surface area contributed by atoms with Crippen LogP contribution in [0.3, 0.4) is 0 Å². The highest BCUT2D eigenvalue weighted by Crippen LogP contribution is 2.14. The highest BCUT2D eigenvalue weighted by atomic mass is 16.1. The number of fused-ring (bicyclic) bond motifs is 2. The average molecular weight is 380 g/mol. The van der Waals surface area contributed by atoms with Crippen LogP contribution in [0.2, 0.25) is 0 Å². The molecule has 0 aliphatic carbocycles. The van der Waals surface area contributed by atoms with Crippen molar-refractivity contribution in [2.75, 3.05) is 0 Å². The minimum atomic E-state index is -0.141. The summed E-state index contributed by atoms with van der Waals surface area (Å²) in [5.41, 5.74) is 0.538. The van der Waals surface area contributed by atoms with Gasteiger partial charge in [0.05, 0.1) is 17.4 Å². The lowest BCUT2D eigenvalue weighted by Crippen LogP contribution is -2.25. The molecule has 28 heavy (non-hydrogen) atoms. The number of rotatable bonds is 6. The van der Waals surface area contributed by atoms with Gasteiger partial charge in [-0.05, 0) is 31.4 Å². The van der Waals surface area contributed by atoms with Crippen LogP contribution in [0.4, 0.5) is 0 Å². The van der Waals surface area contributed by atoms with Gasteiger partial charge in [-0.3, -0.25) is 9.59 Å². The summed E-state index contributed by atoms with van der Waals surface area (Å²) in [6, 6.07) is 7.25. The zero-order valence-electron chi connectivity index (χ0n) is 15.8. The van der Waals surface area contributed by atoms with E-state index in [0.29, 0.717) is 42.5 Å². The highest BCUT2D eigenvalue weighted by molar-refractivity contribution is 5.77. The minimum absolute atomic E-state index is 0.0332.